The first-order chi connectivity index (χ1) is 11.6. The summed E-state index contributed by atoms with van der Waals surface area (Å²) in [5.41, 5.74) is 3.54. The maximum atomic E-state index is 12.2. The Balaban J connectivity index is 2.08. The number of nitrogens with one attached hydrogen (secondary N) is 1. The zero-order valence-corrected chi connectivity index (χ0v) is 14.3. The summed E-state index contributed by atoms with van der Waals surface area (Å²) in [6.45, 7) is 0. The third-order valence-electron chi connectivity index (χ3n) is 3.17. The van der Waals surface area contributed by atoms with Gasteiger partial charge in [0.15, 0.2) is 0 Å². The Morgan fingerprint density at radius 2 is 1.71 bits per heavy atom. The number of hydrazone groups is 1. The second-order valence-electron chi connectivity index (χ2n) is 4.69. The van der Waals surface area contributed by atoms with Crippen molar-refractivity contribution in [2.45, 2.75) is 0 Å². The van der Waals surface area contributed by atoms with Gasteiger partial charge in [-0.25, -0.2) is 5.43 Å². The molecule has 0 spiro atoms. The minimum Gasteiger partial charge on any atom is -0.497 e. The van der Waals surface area contributed by atoms with Crippen LogP contribution in [0.2, 0.25) is 5.02 Å². The first kappa shape index (κ1) is 17.6. The standard InChI is InChI=1S/C17H17ClN2O4/c1-22-13-7-12(8-14(9-13)23-2)17(21)20-19-10-11-4-5-16(24-3)15(18)6-11/h4-10H,1-3H3,(H,20,21). The van der Waals surface area contributed by atoms with E-state index < -0.39 is 0 Å². The number of carbonyl (C=O) groups is 1. The molecule has 0 aliphatic heterocycles. The molecule has 0 atom stereocenters. The number of hydrogen-bond donors (Lipinski definition) is 1. The molecule has 0 saturated carbocycles. The van der Waals surface area contributed by atoms with Crippen molar-refractivity contribution in [3.05, 3.63) is 52.5 Å². The summed E-state index contributed by atoms with van der Waals surface area (Å²) in [7, 11) is 4.57. The van der Waals surface area contributed by atoms with Gasteiger partial charge in [-0.15, -0.1) is 0 Å². The van der Waals surface area contributed by atoms with E-state index >= 15 is 0 Å². The fourth-order valence-corrected chi connectivity index (χ4v) is 2.20. The topological polar surface area (TPSA) is 69.2 Å². The van der Waals surface area contributed by atoms with Crippen molar-refractivity contribution >= 4 is 23.7 Å². The first-order valence-corrected chi connectivity index (χ1v) is 7.35. The Hall–Kier alpha value is -2.73. The van der Waals surface area contributed by atoms with Crippen LogP contribution < -0.4 is 19.6 Å². The average molecular weight is 349 g/mol. The maximum Gasteiger partial charge on any atom is 0.271 e. The lowest BCUT2D eigenvalue weighted by molar-refractivity contribution is 0.0954. The fraction of sp³-hybridized carbons (Fsp3) is 0.176. The maximum absolute atomic E-state index is 12.2. The molecule has 1 amide bonds. The predicted octanol–water partition coefficient (Wildman–Crippen LogP) is 3.13. The van der Waals surface area contributed by atoms with Crippen molar-refractivity contribution in [3.63, 3.8) is 0 Å². The summed E-state index contributed by atoms with van der Waals surface area (Å²) < 4.78 is 15.3. The van der Waals surface area contributed by atoms with Crippen molar-refractivity contribution in [1.29, 1.82) is 0 Å². The van der Waals surface area contributed by atoms with E-state index in [1.165, 1.54) is 27.5 Å². The Kier molecular flexibility index (Phi) is 6.03. The lowest BCUT2D eigenvalue weighted by Crippen LogP contribution is -2.17. The SMILES string of the molecule is COc1cc(OC)cc(C(=O)NN=Cc2ccc(OC)c(Cl)c2)c1. The summed E-state index contributed by atoms with van der Waals surface area (Å²) in [5.74, 6) is 1.22. The van der Waals surface area contributed by atoms with Gasteiger partial charge in [0.1, 0.15) is 17.2 Å². The van der Waals surface area contributed by atoms with E-state index in [-0.39, 0.29) is 5.91 Å². The Morgan fingerprint density at radius 1 is 1.04 bits per heavy atom. The molecule has 0 aliphatic carbocycles. The molecule has 2 rings (SSSR count). The van der Waals surface area contributed by atoms with Gasteiger partial charge in [0.25, 0.3) is 5.91 Å². The predicted molar refractivity (Wildman–Crippen MR) is 92.6 cm³/mol. The summed E-state index contributed by atoms with van der Waals surface area (Å²) in [6.07, 6.45) is 1.49. The third kappa shape index (κ3) is 4.39. The molecule has 0 heterocycles. The minimum atomic E-state index is -0.386. The summed E-state index contributed by atoms with van der Waals surface area (Å²) in [6, 6.07) is 10.0. The van der Waals surface area contributed by atoms with Gasteiger partial charge in [-0.05, 0) is 35.9 Å². The van der Waals surface area contributed by atoms with Gasteiger partial charge in [0, 0.05) is 11.6 Å². The molecular formula is C17H17ClN2O4. The summed E-state index contributed by atoms with van der Waals surface area (Å²) in [5, 5.41) is 4.38. The zero-order valence-electron chi connectivity index (χ0n) is 13.5. The smallest absolute Gasteiger partial charge is 0.271 e. The molecule has 0 saturated heterocycles. The monoisotopic (exact) mass is 348 g/mol. The van der Waals surface area contributed by atoms with Gasteiger partial charge in [0.05, 0.1) is 32.6 Å². The molecule has 6 nitrogen and oxygen atoms in total. The third-order valence-corrected chi connectivity index (χ3v) is 3.46. The van der Waals surface area contributed by atoms with E-state index in [9.17, 15) is 4.79 Å². The summed E-state index contributed by atoms with van der Waals surface area (Å²) >= 11 is 6.03. The molecule has 2 aromatic carbocycles. The van der Waals surface area contributed by atoms with E-state index in [2.05, 4.69) is 10.5 Å². The van der Waals surface area contributed by atoms with E-state index in [1.54, 1.807) is 36.4 Å². The van der Waals surface area contributed by atoms with Crippen LogP contribution in [0, 0.1) is 0 Å². The number of ether oxygens (including phenoxy) is 3. The van der Waals surface area contributed by atoms with Crippen LogP contribution in [0.1, 0.15) is 15.9 Å². The second-order valence-corrected chi connectivity index (χ2v) is 5.10. The Morgan fingerprint density at radius 3 is 2.25 bits per heavy atom. The van der Waals surface area contributed by atoms with Crippen LogP contribution in [0.25, 0.3) is 0 Å². The molecule has 0 radical (unpaired) electrons. The first-order valence-electron chi connectivity index (χ1n) is 6.97. The molecular weight excluding hydrogens is 332 g/mol. The van der Waals surface area contributed by atoms with Crippen LogP contribution in [0.5, 0.6) is 17.2 Å². The van der Waals surface area contributed by atoms with Gasteiger partial charge < -0.3 is 14.2 Å². The second kappa shape index (κ2) is 8.21. The molecule has 7 heteroatoms. The molecule has 2 aromatic rings. The highest BCUT2D eigenvalue weighted by Crippen LogP contribution is 2.24. The van der Waals surface area contributed by atoms with Gasteiger partial charge in [0.2, 0.25) is 0 Å². The number of rotatable bonds is 6. The van der Waals surface area contributed by atoms with E-state index in [1.807, 2.05) is 0 Å². The van der Waals surface area contributed by atoms with E-state index in [0.717, 1.165) is 5.56 Å². The molecule has 24 heavy (non-hydrogen) atoms. The number of carbonyl (C=O) groups excluding carboxylic acids is 1. The molecule has 0 aromatic heterocycles. The largest absolute Gasteiger partial charge is 0.497 e. The van der Waals surface area contributed by atoms with Crippen LogP contribution in [-0.2, 0) is 0 Å². The van der Waals surface area contributed by atoms with Crippen molar-refractivity contribution < 1.29 is 19.0 Å². The van der Waals surface area contributed by atoms with E-state index in [4.69, 9.17) is 25.8 Å². The lowest BCUT2D eigenvalue weighted by Gasteiger charge is -2.07. The highest BCUT2D eigenvalue weighted by molar-refractivity contribution is 6.32. The molecule has 0 bridgehead atoms. The van der Waals surface area contributed by atoms with Gasteiger partial charge >= 0.3 is 0 Å². The zero-order chi connectivity index (χ0) is 17.5. The normalized spacial score (nSPS) is 10.5. The molecule has 0 aliphatic rings. The summed E-state index contributed by atoms with van der Waals surface area (Å²) in [4.78, 5) is 12.2. The fourth-order valence-electron chi connectivity index (χ4n) is 1.93. The number of amides is 1. The number of methoxy groups -OCH3 is 3. The highest BCUT2D eigenvalue weighted by atomic mass is 35.5. The molecule has 0 fully saturated rings. The molecule has 1 N–H and O–H groups in total. The molecule has 0 unspecified atom stereocenters. The van der Waals surface area contributed by atoms with Gasteiger partial charge in [-0.3, -0.25) is 4.79 Å². The van der Waals surface area contributed by atoms with Crippen LogP contribution in [-0.4, -0.2) is 33.5 Å². The number of nitrogens with zero attached hydrogens (tertiary/aromatic N) is 1. The van der Waals surface area contributed by atoms with Crippen LogP contribution in [0.15, 0.2) is 41.5 Å². The molecule has 126 valence electrons. The van der Waals surface area contributed by atoms with Crippen LogP contribution >= 0.6 is 11.6 Å². The van der Waals surface area contributed by atoms with Crippen molar-refractivity contribution in [3.8, 4) is 17.2 Å². The van der Waals surface area contributed by atoms with Gasteiger partial charge in [-0.2, -0.15) is 5.10 Å². The minimum absolute atomic E-state index is 0.371. The Bertz CT molecular complexity index is 740. The number of hydrogen-bond acceptors (Lipinski definition) is 5. The Labute approximate surface area is 145 Å². The van der Waals surface area contributed by atoms with Crippen LogP contribution in [0.3, 0.4) is 0 Å². The van der Waals surface area contributed by atoms with Crippen molar-refractivity contribution in [2.75, 3.05) is 21.3 Å². The highest BCUT2D eigenvalue weighted by Gasteiger charge is 2.09. The quantitative estimate of drug-likeness (QED) is 0.643. The van der Waals surface area contributed by atoms with Crippen LogP contribution in [0.4, 0.5) is 0 Å². The van der Waals surface area contributed by atoms with Crippen molar-refractivity contribution in [2.24, 2.45) is 5.10 Å². The number of benzene rings is 2. The lowest BCUT2D eigenvalue weighted by atomic mass is 10.2. The number of halogens is 1. The average Bonchev–Trinajstić information content (AvgIpc) is 2.61. The van der Waals surface area contributed by atoms with E-state index in [0.29, 0.717) is 27.8 Å². The van der Waals surface area contributed by atoms with Gasteiger partial charge in [-0.1, -0.05) is 11.6 Å². The van der Waals surface area contributed by atoms with Crippen molar-refractivity contribution in [1.82, 2.24) is 5.43 Å².